The van der Waals surface area contributed by atoms with Crippen LogP contribution in [-0.4, -0.2) is 18.4 Å². The summed E-state index contributed by atoms with van der Waals surface area (Å²) in [6.45, 7) is 0.109. The van der Waals surface area contributed by atoms with E-state index in [9.17, 15) is 13.6 Å². The Bertz CT molecular complexity index is 891. The maximum atomic E-state index is 13.8. The van der Waals surface area contributed by atoms with Crippen molar-refractivity contribution in [2.75, 3.05) is 7.11 Å². The van der Waals surface area contributed by atoms with Crippen molar-refractivity contribution in [2.45, 2.75) is 6.61 Å². The lowest BCUT2D eigenvalue weighted by atomic mass is 10.1. The lowest BCUT2D eigenvalue weighted by molar-refractivity contribution is 0.112. The monoisotopic (exact) mass is 361 g/mol. The van der Waals surface area contributed by atoms with Gasteiger partial charge in [0.15, 0.2) is 11.5 Å². The third kappa shape index (κ3) is 3.66. The van der Waals surface area contributed by atoms with Crippen LogP contribution in [0.5, 0.6) is 11.5 Å². The second-order valence-corrected chi connectivity index (χ2v) is 5.98. The van der Waals surface area contributed by atoms with Crippen LogP contribution < -0.4 is 9.47 Å². The summed E-state index contributed by atoms with van der Waals surface area (Å²) >= 11 is 1.24. The smallest absolute Gasteiger partial charge is 0.161 e. The van der Waals surface area contributed by atoms with Gasteiger partial charge in [-0.1, -0.05) is 6.07 Å². The molecular formula is C18H13F2NO3S. The zero-order valence-corrected chi connectivity index (χ0v) is 14.0. The molecule has 0 saturated heterocycles. The molecule has 0 saturated carbocycles. The molecule has 1 heterocycles. The minimum absolute atomic E-state index is 0.109. The van der Waals surface area contributed by atoms with Crippen molar-refractivity contribution >= 4 is 17.6 Å². The molecule has 0 aliphatic carbocycles. The van der Waals surface area contributed by atoms with Crippen molar-refractivity contribution in [3.05, 3.63) is 64.0 Å². The van der Waals surface area contributed by atoms with E-state index in [4.69, 9.17) is 9.47 Å². The Labute approximate surface area is 146 Å². The summed E-state index contributed by atoms with van der Waals surface area (Å²) in [6, 6.07) is 8.46. The largest absolute Gasteiger partial charge is 0.493 e. The van der Waals surface area contributed by atoms with Crippen LogP contribution in [0.3, 0.4) is 0 Å². The Morgan fingerprint density at radius 2 is 1.92 bits per heavy atom. The average molecular weight is 361 g/mol. The average Bonchev–Trinajstić information content (AvgIpc) is 3.08. The molecule has 4 nitrogen and oxygen atoms in total. The summed E-state index contributed by atoms with van der Waals surface area (Å²) in [7, 11) is 1.47. The van der Waals surface area contributed by atoms with E-state index in [2.05, 4.69) is 4.98 Å². The summed E-state index contributed by atoms with van der Waals surface area (Å²) in [6.07, 6.45) is 0.711. The fraction of sp³-hybridized carbons (Fsp3) is 0.111. The van der Waals surface area contributed by atoms with Crippen LogP contribution in [0, 0.1) is 11.6 Å². The number of rotatable bonds is 6. The fourth-order valence-corrected chi connectivity index (χ4v) is 2.95. The van der Waals surface area contributed by atoms with Crippen molar-refractivity contribution in [1.29, 1.82) is 0 Å². The molecule has 3 aromatic rings. The van der Waals surface area contributed by atoms with Gasteiger partial charge >= 0.3 is 0 Å². The molecule has 7 heteroatoms. The van der Waals surface area contributed by atoms with Crippen molar-refractivity contribution in [1.82, 2.24) is 4.98 Å². The quantitative estimate of drug-likeness (QED) is 0.607. The van der Waals surface area contributed by atoms with Gasteiger partial charge in [0, 0.05) is 10.9 Å². The fourth-order valence-electron chi connectivity index (χ4n) is 2.25. The molecular weight excluding hydrogens is 348 g/mol. The summed E-state index contributed by atoms with van der Waals surface area (Å²) in [5.74, 6) is -0.462. The zero-order chi connectivity index (χ0) is 17.8. The van der Waals surface area contributed by atoms with Gasteiger partial charge in [-0.25, -0.2) is 13.8 Å². The number of aldehydes is 1. The highest BCUT2D eigenvalue weighted by Crippen LogP contribution is 2.30. The minimum atomic E-state index is -0.663. The Balaban J connectivity index is 1.78. The number of carbonyl (C=O) groups excluding carboxylic acids is 1. The first-order chi connectivity index (χ1) is 12.1. The van der Waals surface area contributed by atoms with Crippen LogP contribution in [0.15, 0.2) is 41.8 Å². The Morgan fingerprint density at radius 1 is 1.16 bits per heavy atom. The molecule has 0 N–H and O–H groups in total. The van der Waals surface area contributed by atoms with Crippen molar-refractivity contribution in [3.8, 4) is 22.8 Å². The second-order valence-electron chi connectivity index (χ2n) is 5.04. The van der Waals surface area contributed by atoms with Gasteiger partial charge in [-0.05, 0) is 30.3 Å². The van der Waals surface area contributed by atoms with E-state index in [0.717, 1.165) is 0 Å². The topological polar surface area (TPSA) is 48.4 Å². The van der Waals surface area contributed by atoms with E-state index in [1.807, 2.05) is 0 Å². The zero-order valence-electron chi connectivity index (χ0n) is 13.2. The first-order valence-corrected chi connectivity index (χ1v) is 8.15. The van der Waals surface area contributed by atoms with Crippen molar-refractivity contribution < 1.29 is 23.0 Å². The molecule has 0 unspecified atom stereocenters. The number of hydrogen-bond acceptors (Lipinski definition) is 5. The van der Waals surface area contributed by atoms with Gasteiger partial charge in [-0.3, -0.25) is 4.79 Å². The second kappa shape index (κ2) is 7.40. The van der Waals surface area contributed by atoms with Gasteiger partial charge in [0.2, 0.25) is 0 Å². The highest BCUT2D eigenvalue weighted by Gasteiger charge is 2.15. The van der Waals surface area contributed by atoms with Crippen LogP contribution in [-0.2, 0) is 6.61 Å². The number of ether oxygens (including phenoxy) is 2. The molecule has 2 aromatic carbocycles. The predicted octanol–water partition coefficient (Wildman–Crippen LogP) is 4.49. The number of thiazole rings is 1. The van der Waals surface area contributed by atoms with Crippen molar-refractivity contribution in [3.63, 3.8) is 0 Å². The van der Waals surface area contributed by atoms with E-state index in [1.165, 1.54) is 36.6 Å². The minimum Gasteiger partial charge on any atom is -0.493 e. The van der Waals surface area contributed by atoms with E-state index in [0.29, 0.717) is 28.4 Å². The summed E-state index contributed by atoms with van der Waals surface area (Å²) in [5.41, 5.74) is 0.538. The maximum Gasteiger partial charge on any atom is 0.161 e. The Morgan fingerprint density at radius 3 is 2.60 bits per heavy atom. The molecule has 0 atom stereocenters. The van der Waals surface area contributed by atoms with Crippen LogP contribution in [0.4, 0.5) is 8.78 Å². The number of methoxy groups -OCH3 is 1. The third-order valence-corrected chi connectivity index (χ3v) is 4.27. The van der Waals surface area contributed by atoms with Gasteiger partial charge in [0.25, 0.3) is 0 Å². The number of hydrogen-bond donors (Lipinski definition) is 0. The maximum absolute atomic E-state index is 13.8. The van der Waals surface area contributed by atoms with Gasteiger partial charge < -0.3 is 9.47 Å². The highest BCUT2D eigenvalue weighted by molar-refractivity contribution is 7.09. The molecule has 3 rings (SSSR count). The van der Waals surface area contributed by atoms with E-state index < -0.39 is 11.6 Å². The Kier molecular flexibility index (Phi) is 5.04. The SMILES string of the molecule is COc1cc(C=O)ccc1OCc1nc(-c2c(F)cccc2F)cs1. The van der Waals surface area contributed by atoms with Gasteiger partial charge in [0.05, 0.1) is 18.4 Å². The van der Waals surface area contributed by atoms with Crippen LogP contribution in [0.2, 0.25) is 0 Å². The number of carbonyl (C=O) groups is 1. The lowest BCUT2D eigenvalue weighted by Gasteiger charge is -2.09. The van der Waals surface area contributed by atoms with Crippen molar-refractivity contribution in [2.24, 2.45) is 0 Å². The number of nitrogens with zero attached hydrogens (tertiary/aromatic N) is 1. The van der Waals surface area contributed by atoms with Crippen LogP contribution in [0.1, 0.15) is 15.4 Å². The van der Waals surface area contributed by atoms with E-state index in [1.54, 1.807) is 23.6 Å². The molecule has 0 aliphatic rings. The highest BCUT2D eigenvalue weighted by atomic mass is 32.1. The number of aromatic nitrogens is 1. The molecule has 0 spiro atoms. The number of halogens is 2. The molecule has 0 fully saturated rings. The summed E-state index contributed by atoms with van der Waals surface area (Å²) in [4.78, 5) is 15.0. The molecule has 0 radical (unpaired) electrons. The molecule has 0 aliphatic heterocycles. The molecule has 25 heavy (non-hydrogen) atoms. The van der Waals surface area contributed by atoms with Gasteiger partial charge in [-0.2, -0.15) is 0 Å². The lowest BCUT2D eigenvalue weighted by Crippen LogP contribution is -1.98. The van der Waals surface area contributed by atoms with E-state index in [-0.39, 0.29) is 17.9 Å². The van der Waals surface area contributed by atoms with Gasteiger partial charge in [-0.15, -0.1) is 11.3 Å². The first kappa shape index (κ1) is 17.0. The summed E-state index contributed by atoms with van der Waals surface area (Å²) in [5, 5.41) is 2.13. The third-order valence-electron chi connectivity index (χ3n) is 3.45. The molecule has 1 aromatic heterocycles. The van der Waals surface area contributed by atoms with Crippen LogP contribution in [0.25, 0.3) is 11.3 Å². The van der Waals surface area contributed by atoms with Crippen LogP contribution >= 0.6 is 11.3 Å². The standard InChI is InChI=1S/C18H13F2NO3S/c1-23-16-7-11(8-22)5-6-15(16)24-9-17-21-14(10-25-17)18-12(19)3-2-4-13(18)20/h2-8,10H,9H2,1H3. The number of benzene rings is 2. The Hall–Kier alpha value is -2.80. The van der Waals surface area contributed by atoms with E-state index >= 15 is 0 Å². The summed E-state index contributed by atoms with van der Waals surface area (Å²) < 4.78 is 38.5. The first-order valence-electron chi connectivity index (χ1n) is 7.27. The normalized spacial score (nSPS) is 10.5. The molecule has 0 amide bonds. The predicted molar refractivity (Wildman–Crippen MR) is 90.2 cm³/mol. The molecule has 128 valence electrons. The molecule has 0 bridgehead atoms. The van der Waals surface area contributed by atoms with Gasteiger partial charge in [0.1, 0.15) is 29.5 Å².